The van der Waals surface area contributed by atoms with Crippen LogP contribution in [0.5, 0.6) is 0 Å². The molecule has 0 spiro atoms. The molecule has 0 aliphatic rings. The van der Waals surface area contributed by atoms with Crippen molar-refractivity contribution in [1.82, 2.24) is 4.90 Å². The summed E-state index contributed by atoms with van der Waals surface area (Å²) >= 11 is 0. The van der Waals surface area contributed by atoms with Gasteiger partial charge in [-0.05, 0) is 25.9 Å². The number of terminal acetylenes is 1. The lowest BCUT2D eigenvalue weighted by Gasteiger charge is -2.22. The van der Waals surface area contributed by atoms with Crippen LogP contribution >= 0.6 is 0 Å². The highest BCUT2D eigenvalue weighted by Gasteiger charge is 2.07. The lowest BCUT2D eigenvalue weighted by Crippen LogP contribution is -2.31. The zero-order valence-corrected chi connectivity index (χ0v) is 7.95. The van der Waals surface area contributed by atoms with E-state index < -0.39 is 54.7 Å². The predicted molar refractivity (Wildman–Crippen MR) is 61.1 cm³/mol. The molecule has 1 nitrogen and oxygen atoms in total. The second-order valence-electron chi connectivity index (χ2n) is 2.51. The van der Waals surface area contributed by atoms with Crippen molar-refractivity contribution in [3.05, 3.63) is 35.8 Å². The Morgan fingerprint density at radius 2 is 2.43 bits per heavy atom. The number of likely N-dealkylation sites (N-methyl/N-ethyl adjacent to an activating group) is 1. The summed E-state index contributed by atoms with van der Waals surface area (Å²) in [5.74, 6) is 1.90. The van der Waals surface area contributed by atoms with Crippen molar-refractivity contribution >= 4 is 0 Å². The molecule has 14 heavy (non-hydrogen) atoms. The van der Waals surface area contributed by atoms with Gasteiger partial charge in [0.15, 0.2) is 0 Å². The third-order valence-corrected chi connectivity index (χ3v) is 1.53. The van der Waals surface area contributed by atoms with Gasteiger partial charge in [-0.3, -0.25) is 4.90 Å². The Morgan fingerprint density at radius 1 is 1.71 bits per heavy atom. The van der Waals surface area contributed by atoms with Gasteiger partial charge in [0, 0.05) is 10.1 Å². The Balaban J connectivity index is 3.69. The summed E-state index contributed by atoms with van der Waals surface area (Å²) in [7, 11) is 1.07. The Hall–Kier alpha value is -1.26. The van der Waals surface area contributed by atoms with E-state index in [1.807, 2.05) is 5.92 Å². The van der Waals surface area contributed by atoms with Gasteiger partial charge in [-0.1, -0.05) is 36.1 Å². The molecule has 0 unspecified atom stereocenters. The quantitative estimate of drug-likeness (QED) is 0.670. The maximum absolute atomic E-state index is 8.34. The van der Waals surface area contributed by atoms with Crippen LogP contribution < -0.4 is 0 Å². The molecule has 0 heterocycles. The average Bonchev–Trinajstić information content (AvgIpc) is 2.49. The van der Waals surface area contributed by atoms with Crippen molar-refractivity contribution in [2.75, 3.05) is 13.5 Å². The highest BCUT2D eigenvalue weighted by atomic mass is 15.1. The third kappa shape index (κ3) is 3.24. The molecule has 0 aromatic heterocycles. The van der Waals surface area contributed by atoms with Crippen LogP contribution in [0.25, 0.3) is 0 Å². The predicted octanol–water partition coefficient (Wildman–Crippen LogP) is 2.18. The number of hydrogen-bond donors (Lipinski definition) is 0. The maximum Gasteiger partial charge on any atom is 0.124 e. The fraction of sp³-hybridized carbons (Fsp3) is 0.385. The van der Waals surface area contributed by atoms with Gasteiger partial charge in [-0.2, -0.15) is 0 Å². The van der Waals surface area contributed by atoms with Crippen LogP contribution in [-0.4, -0.2) is 24.5 Å². The first-order chi connectivity index (χ1) is 11.1. The molecule has 1 heteroatoms. The van der Waals surface area contributed by atoms with Gasteiger partial charge >= 0.3 is 0 Å². The molecular weight excluding hydrogens is 170 g/mol. The third-order valence-electron chi connectivity index (χ3n) is 1.53. The van der Waals surface area contributed by atoms with Crippen LogP contribution in [0.15, 0.2) is 30.2 Å². The normalized spacial score (nSPS) is 27.5. The van der Waals surface area contributed by atoms with Gasteiger partial charge in [-0.15, -0.1) is 6.40 Å². The summed E-state index contributed by atoms with van der Waals surface area (Å²) in [6.45, 7) is -1.53. The number of hydrogen-bond acceptors (Lipinski definition) is 1. The molecule has 0 amide bonds. The van der Waals surface area contributed by atoms with Gasteiger partial charge in [0.1, 0.15) is 1.37 Å². The summed E-state index contributed by atoms with van der Waals surface area (Å²) in [5.41, 5.74) is -0.738. The molecule has 0 N–H and O–H groups in total. The molecule has 1 aromatic carbocycles. The van der Waals surface area contributed by atoms with Crippen LogP contribution in [0.2, 0.25) is 0 Å². The number of nitrogens with zero attached hydrogens (tertiary/aromatic N) is 1. The topological polar surface area (TPSA) is 3.24 Å². The monoisotopic (exact) mass is 198 g/mol. The van der Waals surface area contributed by atoms with Gasteiger partial charge in [0.25, 0.3) is 0 Å². The molecule has 1 aromatic rings. The van der Waals surface area contributed by atoms with Gasteiger partial charge < -0.3 is 0 Å². The Labute approximate surface area is 102 Å². The van der Waals surface area contributed by atoms with Crippen molar-refractivity contribution in [2.45, 2.75) is 19.3 Å². The lowest BCUT2D eigenvalue weighted by molar-refractivity contribution is 0.287. The van der Waals surface area contributed by atoms with E-state index in [0.29, 0.717) is 4.90 Å². The summed E-state index contributed by atoms with van der Waals surface area (Å²) in [6.07, 6.45) is -1.24. The van der Waals surface area contributed by atoms with E-state index in [4.69, 9.17) is 15.1 Å². The van der Waals surface area contributed by atoms with Gasteiger partial charge in [0.05, 0.1) is 16.1 Å². The first-order valence-electron chi connectivity index (χ1n) is 9.39. The van der Waals surface area contributed by atoms with Crippen LogP contribution in [-0.2, 0) is 6.37 Å². The minimum atomic E-state index is -2.85. The molecular formula is C13H17N. The molecule has 74 valence electrons. The Kier molecular flexibility index (Phi) is 1.22. The van der Waals surface area contributed by atoms with Gasteiger partial charge in [-0.25, -0.2) is 0 Å². The summed E-state index contributed by atoms with van der Waals surface area (Å²) < 4.78 is 85.8. The second-order valence-corrected chi connectivity index (χ2v) is 2.51. The first kappa shape index (κ1) is 3.12. The van der Waals surface area contributed by atoms with Crippen LogP contribution in [0.1, 0.15) is 27.6 Å². The number of benzene rings is 1. The molecule has 0 aliphatic carbocycles. The standard InChI is InChI=1S/C13H17N/c1-4-10-14(3)12(2)11-13-8-6-5-7-9-13/h1,5-9,12H,10-11H2,2-3H3/t12-/m0/s1/i1D,5D,6D,7D,8D,9D,10D2,11D2,12D. The molecule has 1 atom stereocenters. The van der Waals surface area contributed by atoms with E-state index in [2.05, 4.69) is 0 Å². The first-order valence-corrected chi connectivity index (χ1v) is 3.89. The minimum Gasteiger partial charge on any atom is -0.292 e. The van der Waals surface area contributed by atoms with Crippen molar-refractivity contribution in [1.29, 1.82) is 0 Å². The largest absolute Gasteiger partial charge is 0.292 e. The zero-order chi connectivity index (χ0) is 20.0. The fourth-order valence-electron chi connectivity index (χ4n) is 0.745. The Bertz CT molecular complexity index is 716. The van der Waals surface area contributed by atoms with Crippen LogP contribution in [0.3, 0.4) is 0 Å². The number of rotatable bonds is 4. The van der Waals surface area contributed by atoms with E-state index in [9.17, 15) is 0 Å². The molecule has 1 rings (SSSR count). The summed E-state index contributed by atoms with van der Waals surface area (Å²) in [4.78, 5) is 0.613. The van der Waals surface area contributed by atoms with E-state index in [-0.39, 0.29) is 0 Å². The molecule has 0 saturated carbocycles. The lowest BCUT2D eigenvalue weighted by atomic mass is 10.1. The van der Waals surface area contributed by atoms with Gasteiger partial charge in [0.2, 0.25) is 0 Å². The molecule has 0 bridgehead atoms. The van der Waals surface area contributed by atoms with Crippen molar-refractivity contribution < 1.29 is 15.1 Å². The average molecular weight is 198 g/mol. The SMILES string of the molecule is [2H]C#CC([2H])([2H])N(C)[C@@]([2H])(C)C([2H])([2H])c1c([2H])c([2H])c([2H])c([2H])c1[2H]. The van der Waals surface area contributed by atoms with E-state index in [1.165, 1.54) is 0 Å². The fourth-order valence-corrected chi connectivity index (χ4v) is 0.745. The van der Waals surface area contributed by atoms with E-state index in [1.54, 1.807) is 6.40 Å². The highest BCUT2D eigenvalue weighted by Crippen LogP contribution is 2.06. The van der Waals surface area contributed by atoms with Crippen molar-refractivity contribution in [2.24, 2.45) is 0 Å². The molecule has 0 aliphatic heterocycles. The summed E-state index contributed by atoms with van der Waals surface area (Å²) in [5, 5.41) is 0. The van der Waals surface area contributed by atoms with Crippen LogP contribution in [0, 0.1) is 12.3 Å². The zero-order valence-electron chi connectivity index (χ0n) is 18.9. The second kappa shape index (κ2) is 5.47. The molecule has 0 saturated heterocycles. The highest BCUT2D eigenvalue weighted by molar-refractivity contribution is 5.15. The van der Waals surface area contributed by atoms with Crippen molar-refractivity contribution in [3.8, 4) is 12.3 Å². The van der Waals surface area contributed by atoms with Crippen molar-refractivity contribution in [3.63, 3.8) is 0 Å². The Morgan fingerprint density at radius 3 is 3.07 bits per heavy atom. The molecule has 0 fully saturated rings. The minimum absolute atomic E-state index is 0.613. The smallest absolute Gasteiger partial charge is 0.124 e. The van der Waals surface area contributed by atoms with E-state index >= 15 is 0 Å². The maximum atomic E-state index is 8.34. The molecule has 0 radical (unpaired) electrons. The van der Waals surface area contributed by atoms with E-state index in [0.717, 1.165) is 14.0 Å². The van der Waals surface area contributed by atoms with Crippen LogP contribution in [0.4, 0.5) is 0 Å². The summed E-state index contributed by atoms with van der Waals surface area (Å²) in [6, 6.07) is -6.18.